The number of ether oxygens (including phenoxy) is 1. The molecular weight excluding hydrogens is 407 g/mol. The van der Waals surface area contributed by atoms with E-state index in [-0.39, 0.29) is 16.7 Å². The van der Waals surface area contributed by atoms with Crippen molar-refractivity contribution in [1.82, 2.24) is 9.62 Å². The van der Waals surface area contributed by atoms with Gasteiger partial charge >= 0.3 is 0 Å². The minimum atomic E-state index is -3.65. The molecule has 1 atom stereocenters. The summed E-state index contributed by atoms with van der Waals surface area (Å²) in [5, 5.41) is 2.90. The van der Waals surface area contributed by atoms with Crippen molar-refractivity contribution < 1.29 is 22.3 Å². The molecule has 1 amide bonds. The first-order valence-electron chi connectivity index (χ1n) is 10.0. The molecule has 3 rings (SSSR count). The van der Waals surface area contributed by atoms with Gasteiger partial charge in [0.05, 0.1) is 12.0 Å². The van der Waals surface area contributed by atoms with Crippen molar-refractivity contribution in [2.45, 2.75) is 37.1 Å². The van der Waals surface area contributed by atoms with E-state index in [0.29, 0.717) is 32.5 Å². The molecule has 2 aromatic rings. The summed E-state index contributed by atoms with van der Waals surface area (Å²) in [6.45, 7) is 1.24. The van der Waals surface area contributed by atoms with Crippen LogP contribution in [0.5, 0.6) is 5.75 Å². The summed E-state index contributed by atoms with van der Waals surface area (Å²) in [5.41, 5.74) is 0.955. The number of methoxy groups -OCH3 is 1. The molecule has 2 aromatic carbocycles. The normalized spacial score (nSPS) is 17.5. The first kappa shape index (κ1) is 22.2. The summed E-state index contributed by atoms with van der Waals surface area (Å²) in [6, 6.07) is 12.4. The smallest absolute Gasteiger partial charge is 0.243 e. The molecule has 1 N–H and O–H groups in total. The quantitative estimate of drug-likeness (QED) is 0.692. The maximum absolute atomic E-state index is 13.1. The van der Waals surface area contributed by atoms with Gasteiger partial charge in [0.15, 0.2) is 0 Å². The number of nitrogens with zero attached hydrogens (tertiary/aromatic N) is 1. The number of sulfonamides is 1. The molecule has 0 aromatic heterocycles. The summed E-state index contributed by atoms with van der Waals surface area (Å²) in [4.78, 5) is 12.3. The van der Waals surface area contributed by atoms with Crippen molar-refractivity contribution in [2.75, 3.05) is 20.2 Å². The highest BCUT2D eigenvalue weighted by Gasteiger charge is 2.30. The fourth-order valence-corrected chi connectivity index (χ4v) is 5.20. The Balaban J connectivity index is 1.49. The van der Waals surface area contributed by atoms with Crippen LogP contribution in [0.4, 0.5) is 4.39 Å². The van der Waals surface area contributed by atoms with E-state index in [1.54, 1.807) is 7.11 Å². The monoisotopic (exact) mass is 434 g/mol. The number of hydrogen-bond acceptors (Lipinski definition) is 4. The summed E-state index contributed by atoms with van der Waals surface area (Å²) in [5.74, 6) is 0.338. The Morgan fingerprint density at radius 3 is 2.73 bits per heavy atom. The van der Waals surface area contributed by atoms with Gasteiger partial charge in [-0.25, -0.2) is 12.8 Å². The highest BCUT2D eigenvalue weighted by Crippen LogP contribution is 2.26. The number of carbonyl (C=O) groups is 1. The Morgan fingerprint density at radius 2 is 2.00 bits per heavy atom. The van der Waals surface area contributed by atoms with Crippen molar-refractivity contribution in [3.05, 3.63) is 59.9 Å². The number of halogens is 1. The fraction of sp³-hybridized carbons (Fsp3) is 0.409. The lowest BCUT2D eigenvalue weighted by Gasteiger charge is -2.32. The molecule has 0 radical (unpaired) electrons. The van der Waals surface area contributed by atoms with Crippen LogP contribution >= 0.6 is 0 Å². The zero-order valence-electron chi connectivity index (χ0n) is 17.0. The number of benzene rings is 2. The van der Waals surface area contributed by atoms with Crippen LogP contribution in [0.15, 0.2) is 53.4 Å². The van der Waals surface area contributed by atoms with E-state index in [2.05, 4.69) is 5.32 Å². The van der Waals surface area contributed by atoms with Crippen molar-refractivity contribution in [2.24, 2.45) is 5.92 Å². The first-order valence-corrected chi connectivity index (χ1v) is 11.5. The molecule has 0 bridgehead atoms. The summed E-state index contributed by atoms with van der Waals surface area (Å²) in [6.07, 6.45) is 2.60. The third-order valence-electron chi connectivity index (χ3n) is 5.34. The molecule has 1 heterocycles. The SMILES string of the molecule is COc1cccc(CNC(=O)CC[C@H]2CCCN(S(=O)(=O)c3ccc(F)cc3)C2)c1. The Kier molecular flexibility index (Phi) is 7.44. The molecule has 1 saturated heterocycles. The number of amides is 1. The molecule has 0 unspecified atom stereocenters. The molecule has 6 nitrogen and oxygen atoms in total. The minimum Gasteiger partial charge on any atom is -0.497 e. The van der Waals surface area contributed by atoms with Crippen molar-refractivity contribution in [3.63, 3.8) is 0 Å². The standard InChI is InChI=1S/C22H27FN2O4S/c1-29-20-6-2-4-18(14-20)15-24-22(26)12-7-17-5-3-13-25(16-17)30(27,28)21-10-8-19(23)9-11-21/h2,4,6,8-11,14,17H,3,5,7,12-13,15-16H2,1H3,(H,24,26)/t17-/m1/s1. The summed E-state index contributed by atoms with van der Waals surface area (Å²) in [7, 11) is -2.05. The van der Waals surface area contributed by atoms with Crippen molar-refractivity contribution in [3.8, 4) is 5.75 Å². The van der Waals surface area contributed by atoms with Gasteiger partial charge in [0.2, 0.25) is 15.9 Å². The fourth-order valence-electron chi connectivity index (χ4n) is 3.64. The number of carbonyl (C=O) groups excluding carboxylic acids is 1. The lowest BCUT2D eigenvalue weighted by Crippen LogP contribution is -2.40. The van der Waals surface area contributed by atoms with Crippen LogP contribution in [-0.2, 0) is 21.4 Å². The second-order valence-electron chi connectivity index (χ2n) is 7.49. The number of nitrogens with one attached hydrogen (secondary N) is 1. The van der Waals surface area contributed by atoms with E-state index in [0.717, 1.165) is 36.3 Å². The average molecular weight is 435 g/mol. The van der Waals surface area contributed by atoms with E-state index in [1.807, 2.05) is 24.3 Å². The predicted octanol–water partition coefficient (Wildman–Crippen LogP) is 3.33. The van der Waals surface area contributed by atoms with Gasteiger partial charge < -0.3 is 10.1 Å². The Hall–Kier alpha value is -2.45. The number of piperidine rings is 1. The van der Waals surface area contributed by atoms with Gasteiger partial charge in [-0.05, 0) is 67.1 Å². The minimum absolute atomic E-state index is 0.0589. The van der Waals surface area contributed by atoms with E-state index < -0.39 is 15.8 Å². The van der Waals surface area contributed by atoms with Crippen LogP contribution < -0.4 is 10.1 Å². The van der Waals surface area contributed by atoms with Gasteiger partial charge in [0, 0.05) is 26.1 Å². The predicted molar refractivity (Wildman–Crippen MR) is 112 cm³/mol. The van der Waals surface area contributed by atoms with Crippen molar-refractivity contribution in [1.29, 1.82) is 0 Å². The van der Waals surface area contributed by atoms with Gasteiger partial charge in [-0.2, -0.15) is 4.31 Å². The Labute approximate surface area is 177 Å². The van der Waals surface area contributed by atoms with E-state index >= 15 is 0 Å². The number of rotatable bonds is 8. The second kappa shape index (κ2) is 10.0. The highest BCUT2D eigenvalue weighted by atomic mass is 32.2. The van der Waals surface area contributed by atoms with Crippen LogP contribution in [0, 0.1) is 11.7 Å². The van der Waals surface area contributed by atoms with E-state index in [9.17, 15) is 17.6 Å². The summed E-state index contributed by atoms with van der Waals surface area (Å²) >= 11 is 0. The largest absolute Gasteiger partial charge is 0.497 e. The molecule has 1 aliphatic heterocycles. The van der Waals surface area contributed by atoms with Crippen LogP contribution in [0.1, 0.15) is 31.2 Å². The van der Waals surface area contributed by atoms with Crippen LogP contribution in [0.25, 0.3) is 0 Å². The zero-order chi connectivity index (χ0) is 21.6. The lowest BCUT2D eigenvalue weighted by molar-refractivity contribution is -0.121. The molecule has 0 saturated carbocycles. The second-order valence-corrected chi connectivity index (χ2v) is 9.43. The first-order chi connectivity index (χ1) is 14.4. The van der Waals surface area contributed by atoms with Gasteiger partial charge in [-0.1, -0.05) is 12.1 Å². The maximum Gasteiger partial charge on any atom is 0.243 e. The maximum atomic E-state index is 13.1. The molecule has 8 heteroatoms. The molecule has 1 fully saturated rings. The molecule has 162 valence electrons. The van der Waals surface area contributed by atoms with Gasteiger partial charge in [0.25, 0.3) is 0 Å². The average Bonchev–Trinajstić information content (AvgIpc) is 2.77. The molecule has 0 spiro atoms. The topological polar surface area (TPSA) is 75.7 Å². The van der Waals surface area contributed by atoms with Gasteiger partial charge in [0.1, 0.15) is 11.6 Å². The Morgan fingerprint density at radius 1 is 1.23 bits per heavy atom. The molecule has 0 aliphatic carbocycles. The van der Waals surface area contributed by atoms with Crippen LogP contribution in [0.3, 0.4) is 0 Å². The van der Waals surface area contributed by atoms with Crippen LogP contribution in [0.2, 0.25) is 0 Å². The molecule has 1 aliphatic rings. The van der Waals surface area contributed by atoms with Gasteiger partial charge in [-0.3, -0.25) is 4.79 Å². The van der Waals surface area contributed by atoms with Gasteiger partial charge in [-0.15, -0.1) is 0 Å². The van der Waals surface area contributed by atoms with Crippen molar-refractivity contribution >= 4 is 15.9 Å². The Bertz CT molecular complexity index is 963. The zero-order valence-corrected chi connectivity index (χ0v) is 17.8. The van der Waals surface area contributed by atoms with E-state index in [4.69, 9.17) is 4.74 Å². The molecule has 30 heavy (non-hydrogen) atoms. The van der Waals surface area contributed by atoms with Crippen LogP contribution in [-0.4, -0.2) is 38.8 Å². The molecular formula is C22H27FN2O4S. The number of hydrogen-bond donors (Lipinski definition) is 1. The third kappa shape index (κ3) is 5.79. The van der Waals surface area contributed by atoms with E-state index in [1.165, 1.54) is 16.4 Å². The third-order valence-corrected chi connectivity index (χ3v) is 7.22. The summed E-state index contributed by atoms with van der Waals surface area (Å²) < 4.78 is 45.4. The lowest BCUT2D eigenvalue weighted by atomic mass is 9.94. The highest BCUT2D eigenvalue weighted by molar-refractivity contribution is 7.89.